The lowest BCUT2D eigenvalue weighted by Crippen LogP contribution is -2.22. The molecular formula is C18H23ClN4O4. The summed E-state index contributed by atoms with van der Waals surface area (Å²) in [7, 11) is 0. The number of benzene rings is 1. The fraction of sp³-hybridized carbons (Fsp3) is 0.444. The van der Waals surface area contributed by atoms with Gasteiger partial charge < -0.3 is 24.8 Å². The lowest BCUT2D eigenvalue weighted by Gasteiger charge is -2.20. The van der Waals surface area contributed by atoms with Crippen LogP contribution in [0.1, 0.15) is 12.8 Å². The first-order valence-corrected chi connectivity index (χ1v) is 9.32. The zero-order valence-electron chi connectivity index (χ0n) is 14.9. The van der Waals surface area contributed by atoms with Crippen LogP contribution in [0.25, 0.3) is 0 Å². The highest BCUT2D eigenvalue weighted by atomic mass is 35.5. The molecular weight excluding hydrogens is 372 g/mol. The number of H-pyrrole nitrogens is 1. The number of halogens is 1. The van der Waals surface area contributed by atoms with Crippen molar-refractivity contribution in [2.75, 3.05) is 44.8 Å². The van der Waals surface area contributed by atoms with E-state index in [1.807, 2.05) is 18.2 Å². The quantitative estimate of drug-likeness (QED) is 0.530. The Hall–Kier alpha value is -2.45. The van der Waals surface area contributed by atoms with Crippen LogP contribution in [-0.2, 0) is 0 Å². The second-order valence-corrected chi connectivity index (χ2v) is 6.34. The fourth-order valence-electron chi connectivity index (χ4n) is 2.63. The van der Waals surface area contributed by atoms with Crippen LogP contribution in [-0.4, -0.2) is 49.7 Å². The number of aromatic amines is 1. The summed E-state index contributed by atoms with van der Waals surface area (Å²) in [4.78, 5) is 11.6. The standard InChI is InChI=1S/C18H23ClN4O4/c19-13-12-22-23-18(24)16(13)21-8-2-6-20-7-3-9-25-14-4-1-5-15-17(14)27-11-10-26-15/h1,4-5,12,20H,2-3,6-11H2,(H,21,22)(H,23,24). The summed E-state index contributed by atoms with van der Waals surface area (Å²) < 4.78 is 17.0. The van der Waals surface area contributed by atoms with E-state index in [0.29, 0.717) is 42.8 Å². The van der Waals surface area contributed by atoms with Crippen molar-refractivity contribution in [1.82, 2.24) is 15.5 Å². The summed E-state index contributed by atoms with van der Waals surface area (Å²) in [6.45, 7) is 4.00. The lowest BCUT2D eigenvalue weighted by atomic mass is 10.3. The molecule has 2 aromatic rings. The molecule has 0 atom stereocenters. The Kier molecular flexibility index (Phi) is 7.18. The SMILES string of the molecule is O=c1[nH]ncc(Cl)c1NCCCNCCCOc1cccc2c1OCCO2. The van der Waals surface area contributed by atoms with Gasteiger partial charge in [0.05, 0.1) is 17.8 Å². The van der Waals surface area contributed by atoms with Crippen LogP contribution < -0.4 is 30.4 Å². The number of hydrogen-bond donors (Lipinski definition) is 3. The van der Waals surface area contributed by atoms with Crippen LogP contribution in [0.4, 0.5) is 5.69 Å². The van der Waals surface area contributed by atoms with Crippen molar-refractivity contribution in [3.05, 3.63) is 39.8 Å². The predicted molar refractivity (Wildman–Crippen MR) is 103 cm³/mol. The summed E-state index contributed by atoms with van der Waals surface area (Å²) in [5.74, 6) is 2.14. The summed E-state index contributed by atoms with van der Waals surface area (Å²) in [5.41, 5.74) is 0.0440. The number of hydrogen-bond acceptors (Lipinski definition) is 7. The Morgan fingerprint density at radius 2 is 2.04 bits per heavy atom. The minimum atomic E-state index is -0.315. The Bertz CT molecular complexity index is 799. The average molecular weight is 395 g/mol. The van der Waals surface area contributed by atoms with Crippen molar-refractivity contribution in [1.29, 1.82) is 0 Å². The van der Waals surface area contributed by atoms with Gasteiger partial charge in [-0.1, -0.05) is 17.7 Å². The van der Waals surface area contributed by atoms with E-state index in [-0.39, 0.29) is 5.56 Å². The topological polar surface area (TPSA) is 97.5 Å². The van der Waals surface area contributed by atoms with Gasteiger partial charge in [-0.05, 0) is 38.1 Å². The third kappa shape index (κ3) is 5.51. The Balaban J connectivity index is 1.27. The Morgan fingerprint density at radius 3 is 2.93 bits per heavy atom. The first-order valence-electron chi connectivity index (χ1n) is 8.95. The number of aromatic nitrogens is 2. The van der Waals surface area contributed by atoms with Crippen LogP contribution in [0.5, 0.6) is 17.2 Å². The predicted octanol–water partition coefficient (Wildman–Crippen LogP) is 2.06. The van der Waals surface area contributed by atoms with Gasteiger partial charge in [0.2, 0.25) is 5.75 Å². The van der Waals surface area contributed by atoms with Gasteiger partial charge in [0.25, 0.3) is 5.56 Å². The molecule has 146 valence electrons. The van der Waals surface area contributed by atoms with E-state index >= 15 is 0 Å². The molecule has 0 unspecified atom stereocenters. The molecule has 0 bridgehead atoms. The second-order valence-electron chi connectivity index (χ2n) is 5.93. The molecule has 0 fully saturated rings. The van der Waals surface area contributed by atoms with Gasteiger partial charge in [0.15, 0.2) is 11.5 Å². The van der Waals surface area contributed by atoms with Crippen molar-refractivity contribution >= 4 is 17.3 Å². The molecule has 0 saturated carbocycles. The van der Waals surface area contributed by atoms with Crippen LogP contribution in [0.3, 0.4) is 0 Å². The van der Waals surface area contributed by atoms with E-state index in [1.54, 1.807) is 0 Å². The number of para-hydroxylation sites is 1. The molecule has 3 N–H and O–H groups in total. The van der Waals surface area contributed by atoms with E-state index in [2.05, 4.69) is 20.8 Å². The molecule has 1 aromatic heterocycles. The Morgan fingerprint density at radius 1 is 1.19 bits per heavy atom. The highest BCUT2D eigenvalue weighted by Gasteiger charge is 2.16. The monoisotopic (exact) mass is 394 g/mol. The molecule has 8 nitrogen and oxygen atoms in total. The Labute approximate surface area is 162 Å². The highest BCUT2D eigenvalue weighted by Crippen LogP contribution is 2.38. The molecule has 27 heavy (non-hydrogen) atoms. The molecule has 2 heterocycles. The number of rotatable bonds is 10. The van der Waals surface area contributed by atoms with Crippen LogP contribution >= 0.6 is 11.6 Å². The normalized spacial score (nSPS) is 12.6. The van der Waals surface area contributed by atoms with E-state index in [0.717, 1.165) is 37.4 Å². The van der Waals surface area contributed by atoms with Crippen molar-refractivity contribution in [2.24, 2.45) is 0 Å². The molecule has 0 amide bonds. The second kappa shape index (κ2) is 10.0. The first kappa shape index (κ1) is 19.3. The average Bonchev–Trinajstić information content (AvgIpc) is 2.68. The van der Waals surface area contributed by atoms with Gasteiger partial charge in [-0.3, -0.25) is 4.79 Å². The zero-order chi connectivity index (χ0) is 18.9. The molecule has 0 radical (unpaired) electrons. The first-order chi connectivity index (χ1) is 13.3. The maximum Gasteiger partial charge on any atom is 0.289 e. The molecule has 1 aliphatic heterocycles. The zero-order valence-corrected chi connectivity index (χ0v) is 15.7. The molecule has 0 aliphatic carbocycles. The third-order valence-electron chi connectivity index (χ3n) is 3.93. The van der Waals surface area contributed by atoms with E-state index in [9.17, 15) is 4.79 Å². The molecule has 9 heteroatoms. The van der Waals surface area contributed by atoms with E-state index in [1.165, 1.54) is 6.20 Å². The van der Waals surface area contributed by atoms with Crippen LogP contribution in [0.15, 0.2) is 29.2 Å². The number of nitrogens with one attached hydrogen (secondary N) is 3. The molecule has 3 rings (SSSR count). The van der Waals surface area contributed by atoms with Gasteiger partial charge in [-0.15, -0.1) is 0 Å². The molecule has 0 spiro atoms. The fourth-order valence-corrected chi connectivity index (χ4v) is 2.83. The minimum Gasteiger partial charge on any atom is -0.489 e. The minimum absolute atomic E-state index is 0.315. The van der Waals surface area contributed by atoms with E-state index < -0.39 is 0 Å². The number of fused-ring (bicyclic) bond motifs is 1. The van der Waals surface area contributed by atoms with Crippen LogP contribution in [0, 0.1) is 0 Å². The summed E-state index contributed by atoms with van der Waals surface area (Å²) >= 11 is 5.93. The van der Waals surface area contributed by atoms with Crippen LogP contribution in [0.2, 0.25) is 5.02 Å². The molecule has 0 saturated heterocycles. The lowest BCUT2D eigenvalue weighted by molar-refractivity contribution is 0.161. The van der Waals surface area contributed by atoms with Gasteiger partial charge in [-0.25, -0.2) is 5.10 Å². The molecule has 1 aromatic carbocycles. The summed E-state index contributed by atoms with van der Waals surface area (Å²) in [6, 6.07) is 5.66. The van der Waals surface area contributed by atoms with E-state index in [4.69, 9.17) is 25.8 Å². The van der Waals surface area contributed by atoms with Gasteiger partial charge in [-0.2, -0.15) is 5.10 Å². The van der Waals surface area contributed by atoms with Crippen molar-refractivity contribution in [3.8, 4) is 17.2 Å². The summed E-state index contributed by atoms with van der Waals surface area (Å²) in [5, 5.41) is 12.7. The maximum absolute atomic E-state index is 11.6. The number of ether oxygens (including phenoxy) is 3. The molecule has 1 aliphatic rings. The smallest absolute Gasteiger partial charge is 0.289 e. The van der Waals surface area contributed by atoms with Crippen molar-refractivity contribution in [2.45, 2.75) is 12.8 Å². The van der Waals surface area contributed by atoms with Crippen molar-refractivity contribution < 1.29 is 14.2 Å². The highest BCUT2D eigenvalue weighted by molar-refractivity contribution is 6.32. The number of nitrogens with zero attached hydrogens (tertiary/aromatic N) is 1. The number of anilines is 1. The van der Waals surface area contributed by atoms with Gasteiger partial charge in [0.1, 0.15) is 18.9 Å². The largest absolute Gasteiger partial charge is 0.489 e. The van der Waals surface area contributed by atoms with Gasteiger partial charge in [0, 0.05) is 6.54 Å². The maximum atomic E-state index is 11.6. The van der Waals surface area contributed by atoms with Crippen molar-refractivity contribution in [3.63, 3.8) is 0 Å². The van der Waals surface area contributed by atoms with Gasteiger partial charge >= 0.3 is 0 Å². The third-order valence-corrected chi connectivity index (χ3v) is 4.21. The summed E-state index contributed by atoms with van der Waals surface area (Å²) in [6.07, 6.45) is 3.13.